The Hall–Kier alpha value is -1.81. The second-order valence-corrected chi connectivity index (χ2v) is 5.90. The molecule has 1 N–H and O–H groups in total. The predicted molar refractivity (Wildman–Crippen MR) is 86.5 cm³/mol. The molecular formula is C17H21ClO4. The molecule has 0 aliphatic rings. The summed E-state index contributed by atoms with van der Waals surface area (Å²) in [5, 5.41) is 9.67. The van der Waals surface area contributed by atoms with Gasteiger partial charge in [-0.1, -0.05) is 23.2 Å². The fraction of sp³-hybridized carbons (Fsp3) is 0.412. The van der Waals surface area contributed by atoms with Crippen molar-refractivity contribution in [1.82, 2.24) is 0 Å². The van der Waals surface area contributed by atoms with Crippen LogP contribution in [-0.4, -0.2) is 23.5 Å². The lowest BCUT2D eigenvalue weighted by Crippen LogP contribution is -2.16. The van der Waals surface area contributed by atoms with Gasteiger partial charge in [-0.3, -0.25) is 9.59 Å². The fourth-order valence-electron chi connectivity index (χ4n) is 1.99. The molecule has 0 amide bonds. The number of Topliss-reactive ketones (excluding diaryl/α,β-unsaturated/α-hetero) is 1. The Morgan fingerprint density at radius 1 is 1.36 bits per heavy atom. The van der Waals surface area contributed by atoms with Crippen molar-refractivity contribution in [3.8, 4) is 5.75 Å². The number of hydrogen-bond acceptors (Lipinski definition) is 3. The Bertz CT molecular complexity index is 566. The molecule has 0 aliphatic heterocycles. The highest BCUT2D eigenvalue weighted by Gasteiger charge is 2.18. The van der Waals surface area contributed by atoms with Gasteiger partial charge in [-0.15, -0.1) is 6.58 Å². The molecule has 0 fully saturated rings. The molecule has 1 unspecified atom stereocenters. The third-order valence-corrected chi connectivity index (χ3v) is 3.47. The van der Waals surface area contributed by atoms with Gasteiger partial charge in [0, 0.05) is 0 Å². The number of carbonyl (C=O) groups excluding carboxylic acids is 1. The summed E-state index contributed by atoms with van der Waals surface area (Å²) >= 11 is 6.11. The number of allylic oxidation sites excluding steroid dienone is 1. The van der Waals surface area contributed by atoms with Crippen LogP contribution >= 0.6 is 11.6 Å². The number of ketones is 1. The van der Waals surface area contributed by atoms with E-state index in [0.29, 0.717) is 30.0 Å². The van der Waals surface area contributed by atoms with Gasteiger partial charge in [0.05, 0.1) is 10.9 Å². The van der Waals surface area contributed by atoms with E-state index < -0.39 is 11.9 Å². The molecule has 0 heterocycles. The number of aliphatic carboxylic acids is 1. The van der Waals surface area contributed by atoms with E-state index in [9.17, 15) is 14.7 Å². The lowest BCUT2D eigenvalue weighted by molar-refractivity contribution is -0.141. The van der Waals surface area contributed by atoms with Crippen molar-refractivity contribution in [2.75, 3.05) is 6.61 Å². The Kier molecular flexibility index (Phi) is 7.12. The highest BCUT2D eigenvalue weighted by Crippen LogP contribution is 2.27. The number of rotatable bonds is 9. The molecule has 0 bridgehead atoms. The van der Waals surface area contributed by atoms with Gasteiger partial charge in [0.1, 0.15) is 12.4 Å². The van der Waals surface area contributed by atoms with E-state index >= 15 is 0 Å². The van der Waals surface area contributed by atoms with Crippen molar-refractivity contribution in [3.05, 3.63) is 40.9 Å². The Labute approximate surface area is 135 Å². The van der Waals surface area contributed by atoms with Crippen molar-refractivity contribution >= 4 is 23.4 Å². The van der Waals surface area contributed by atoms with E-state index in [1.807, 2.05) is 6.92 Å². The molecule has 120 valence electrons. The summed E-state index contributed by atoms with van der Waals surface area (Å²) in [6.07, 6.45) is 1.63. The summed E-state index contributed by atoms with van der Waals surface area (Å²) in [7, 11) is 0. The smallest absolute Gasteiger partial charge is 0.306 e. The first kappa shape index (κ1) is 18.2. The second kappa shape index (κ2) is 8.59. The molecule has 0 aliphatic carbocycles. The molecule has 1 atom stereocenters. The lowest BCUT2D eigenvalue weighted by Gasteiger charge is -2.13. The van der Waals surface area contributed by atoms with Gasteiger partial charge in [0.2, 0.25) is 0 Å². The van der Waals surface area contributed by atoms with Crippen molar-refractivity contribution in [3.63, 3.8) is 0 Å². The number of benzene rings is 1. The predicted octanol–water partition coefficient (Wildman–Crippen LogP) is 3.91. The third kappa shape index (κ3) is 6.31. The first-order valence-electron chi connectivity index (χ1n) is 7.07. The van der Waals surface area contributed by atoms with Crippen LogP contribution in [0.2, 0.25) is 5.02 Å². The first-order valence-corrected chi connectivity index (χ1v) is 7.45. The second-order valence-electron chi connectivity index (χ2n) is 5.49. The molecular weight excluding hydrogens is 304 g/mol. The van der Waals surface area contributed by atoms with Crippen LogP contribution in [0.5, 0.6) is 5.75 Å². The van der Waals surface area contributed by atoms with E-state index in [2.05, 4.69) is 6.58 Å². The van der Waals surface area contributed by atoms with Gasteiger partial charge in [-0.05, 0) is 50.8 Å². The van der Waals surface area contributed by atoms with Crippen molar-refractivity contribution in [2.24, 2.45) is 5.92 Å². The van der Waals surface area contributed by atoms with Gasteiger partial charge in [0.15, 0.2) is 5.78 Å². The highest BCUT2D eigenvalue weighted by atomic mass is 35.5. The Morgan fingerprint density at radius 2 is 2.05 bits per heavy atom. The number of hydrogen-bond donors (Lipinski definition) is 1. The molecule has 4 nitrogen and oxygen atoms in total. The van der Waals surface area contributed by atoms with Crippen LogP contribution < -0.4 is 4.74 Å². The van der Waals surface area contributed by atoms with Gasteiger partial charge in [-0.2, -0.15) is 0 Å². The van der Waals surface area contributed by atoms with Crippen molar-refractivity contribution in [2.45, 2.75) is 33.1 Å². The third-order valence-electron chi connectivity index (χ3n) is 3.18. The topological polar surface area (TPSA) is 63.6 Å². The van der Waals surface area contributed by atoms with E-state index in [1.54, 1.807) is 18.2 Å². The van der Waals surface area contributed by atoms with Crippen LogP contribution in [0.25, 0.3) is 0 Å². The zero-order valence-corrected chi connectivity index (χ0v) is 13.7. The van der Waals surface area contributed by atoms with Crippen molar-refractivity contribution < 1.29 is 19.4 Å². The van der Waals surface area contributed by atoms with E-state index in [4.69, 9.17) is 16.3 Å². The fourth-order valence-corrected chi connectivity index (χ4v) is 2.24. The van der Waals surface area contributed by atoms with Crippen LogP contribution in [-0.2, 0) is 16.0 Å². The minimum atomic E-state index is -0.825. The van der Waals surface area contributed by atoms with E-state index in [-0.39, 0.29) is 12.4 Å². The van der Waals surface area contributed by atoms with Crippen LogP contribution in [0, 0.1) is 5.92 Å². The van der Waals surface area contributed by atoms with Crippen molar-refractivity contribution in [1.29, 1.82) is 0 Å². The maximum absolute atomic E-state index is 11.3. The highest BCUT2D eigenvalue weighted by molar-refractivity contribution is 6.32. The number of ether oxygens (including phenoxy) is 1. The molecule has 0 saturated heterocycles. The lowest BCUT2D eigenvalue weighted by atomic mass is 9.93. The molecule has 0 saturated carbocycles. The zero-order chi connectivity index (χ0) is 16.7. The minimum Gasteiger partial charge on any atom is -0.484 e. The monoisotopic (exact) mass is 324 g/mol. The normalized spacial score (nSPS) is 11.8. The molecule has 0 radical (unpaired) electrons. The Morgan fingerprint density at radius 3 is 2.55 bits per heavy atom. The summed E-state index contributed by atoms with van der Waals surface area (Å²) in [5.41, 5.74) is 1.80. The summed E-state index contributed by atoms with van der Waals surface area (Å²) in [5.74, 6) is -0.966. The average molecular weight is 325 g/mol. The number of carbonyl (C=O) groups is 2. The Balaban J connectivity index is 2.75. The summed E-state index contributed by atoms with van der Waals surface area (Å²) in [4.78, 5) is 22.2. The van der Waals surface area contributed by atoms with E-state index in [0.717, 1.165) is 11.1 Å². The molecule has 1 rings (SSSR count). The van der Waals surface area contributed by atoms with Gasteiger partial charge in [-0.25, -0.2) is 0 Å². The SMILES string of the molecule is C=C(C)CCC(Cc1ccc(OCC(C)=O)c(Cl)c1)C(=O)O. The quantitative estimate of drug-likeness (QED) is 0.699. The molecule has 0 aromatic heterocycles. The zero-order valence-electron chi connectivity index (χ0n) is 12.9. The maximum Gasteiger partial charge on any atom is 0.306 e. The van der Waals surface area contributed by atoms with Gasteiger partial charge in [0.25, 0.3) is 0 Å². The number of carboxylic acids is 1. The molecule has 22 heavy (non-hydrogen) atoms. The number of halogens is 1. The first-order chi connectivity index (χ1) is 10.3. The maximum atomic E-state index is 11.3. The van der Waals surface area contributed by atoms with Gasteiger partial charge >= 0.3 is 5.97 Å². The standard InChI is InChI=1S/C17H21ClO4/c1-11(2)4-6-14(17(20)21)8-13-5-7-16(15(18)9-13)22-10-12(3)19/h5,7,9,14H,1,4,6,8,10H2,2-3H3,(H,20,21). The summed E-state index contributed by atoms with van der Waals surface area (Å²) in [6, 6.07) is 5.13. The van der Waals surface area contributed by atoms with Crippen LogP contribution in [0.4, 0.5) is 0 Å². The van der Waals surface area contributed by atoms with Gasteiger partial charge < -0.3 is 9.84 Å². The van der Waals surface area contributed by atoms with Crippen LogP contribution in [0.1, 0.15) is 32.3 Å². The summed E-state index contributed by atoms with van der Waals surface area (Å²) in [6.45, 7) is 7.08. The minimum absolute atomic E-state index is 0.0323. The molecule has 5 heteroatoms. The van der Waals surface area contributed by atoms with E-state index in [1.165, 1.54) is 6.92 Å². The number of carboxylic acid groups (broad SMARTS) is 1. The molecule has 0 spiro atoms. The molecule has 1 aromatic rings. The molecule has 1 aromatic carbocycles. The summed E-state index contributed by atoms with van der Waals surface area (Å²) < 4.78 is 5.28. The van der Waals surface area contributed by atoms with Crippen LogP contribution in [0.15, 0.2) is 30.4 Å². The average Bonchev–Trinajstić information content (AvgIpc) is 2.41. The van der Waals surface area contributed by atoms with Crippen LogP contribution in [0.3, 0.4) is 0 Å². The largest absolute Gasteiger partial charge is 0.484 e.